The summed E-state index contributed by atoms with van der Waals surface area (Å²) in [5.41, 5.74) is 1.59. The second-order valence-corrected chi connectivity index (χ2v) is 5.15. The van der Waals surface area contributed by atoms with Gasteiger partial charge in [-0.1, -0.05) is 20.8 Å². The largest absolute Gasteiger partial charge is 0.368 e. The third-order valence-corrected chi connectivity index (χ3v) is 3.12. The van der Waals surface area contributed by atoms with Crippen LogP contribution in [0.2, 0.25) is 5.28 Å². The van der Waals surface area contributed by atoms with Crippen molar-refractivity contribution in [3.63, 3.8) is 0 Å². The van der Waals surface area contributed by atoms with Crippen LogP contribution in [0.5, 0.6) is 0 Å². The third kappa shape index (κ3) is 2.66. The van der Waals surface area contributed by atoms with E-state index in [4.69, 9.17) is 11.6 Å². The highest BCUT2D eigenvalue weighted by Crippen LogP contribution is 2.23. The monoisotopic (exact) mass is 253 g/mol. The topological polar surface area (TPSA) is 66.5 Å². The number of imidazole rings is 1. The molecule has 0 aliphatic rings. The number of aromatic amines is 1. The van der Waals surface area contributed by atoms with Gasteiger partial charge in [-0.3, -0.25) is 0 Å². The Morgan fingerprint density at radius 1 is 1.41 bits per heavy atom. The van der Waals surface area contributed by atoms with E-state index >= 15 is 0 Å². The van der Waals surface area contributed by atoms with Crippen molar-refractivity contribution in [3.8, 4) is 0 Å². The number of nitrogens with zero attached hydrogens (tertiary/aromatic N) is 3. The van der Waals surface area contributed by atoms with Crippen molar-refractivity contribution < 1.29 is 0 Å². The number of H-pyrrole nitrogens is 1. The molecule has 0 fully saturated rings. The molecule has 0 aliphatic heterocycles. The second kappa shape index (κ2) is 4.49. The molecule has 0 unspecified atom stereocenters. The zero-order valence-corrected chi connectivity index (χ0v) is 11.0. The Kier molecular flexibility index (Phi) is 3.19. The van der Waals surface area contributed by atoms with Crippen LogP contribution in [0.15, 0.2) is 6.33 Å². The van der Waals surface area contributed by atoms with Crippen LogP contribution in [-0.2, 0) is 0 Å². The zero-order chi connectivity index (χ0) is 12.5. The third-order valence-electron chi connectivity index (χ3n) is 2.95. The highest BCUT2D eigenvalue weighted by Gasteiger charge is 2.16. The lowest BCUT2D eigenvalue weighted by molar-refractivity contribution is 0.376. The molecule has 0 radical (unpaired) electrons. The summed E-state index contributed by atoms with van der Waals surface area (Å²) in [6, 6.07) is 0. The number of halogens is 1. The predicted octanol–water partition coefficient (Wildman–Crippen LogP) is 2.85. The first kappa shape index (κ1) is 12.1. The lowest BCUT2D eigenvalue weighted by Gasteiger charge is -2.23. The summed E-state index contributed by atoms with van der Waals surface area (Å²) in [6.07, 6.45) is 2.68. The number of anilines is 1. The number of rotatable bonds is 4. The molecule has 0 aliphatic carbocycles. The van der Waals surface area contributed by atoms with Gasteiger partial charge in [-0.05, 0) is 23.4 Å². The number of aromatic nitrogens is 4. The van der Waals surface area contributed by atoms with Gasteiger partial charge in [0.05, 0.1) is 6.33 Å². The predicted molar refractivity (Wildman–Crippen MR) is 69.3 cm³/mol. The average Bonchev–Trinajstić information content (AvgIpc) is 2.73. The minimum absolute atomic E-state index is 0.210. The van der Waals surface area contributed by atoms with E-state index in [-0.39, 0.29) is 10.7 Å². The van der Waals surface area contributed by atoms with Gasteiger partial charge in [-0.15, -0.1) is 0 Å². The molecule has 2 rings (SSSR count). The molecule has 0 bridgehead atoms. The van der Waals surface area contributed by atoms with E-state index < -0.39 is 0 Å². The molecule has 0 saturated heterocycles. The molecule has 0 amide bonds. The summed E-state index contributed by atoms with van der Waals surface area (Å²) >= 11 is 5.85. The van der Waals surface area contributed by atoms with E-state index in [1.54, 1.807) is 6.33 Å². The average molecular weight is 254 g/mol. The highest BCUT2D eigenvalue weighted by molar-refractivity contribution is 6.28. The maximum absolute atomic E-state index is 5.85. The van der Waals surface area contributed by atoms with E-state index in [2.05, 4.69) is 46.0 Å². The normalized spacial score (nSPS) is 12.0. The molecule has 92 valence electrons. The number of hydrogen-bond acceptors (Lipinski definition) is 4. The fraction of sp³-hybridized carbons (Fsp3) is 0.545. The zero-order valence-electron chi connectivity index (χ0n) is 10.2. The lowest BCUT2D eigenvalue weighted by Crippen LogP contribution is -2.22. The fourth-order valence-electron chi connectivity index (χ4n) is 1.38. The van der Waals surface area contributed by atoms with E-state index in [0.717, 1.165) is 18.5 Å². The van der Waals surface area contributed by atoms with E-state index in [1.807, 2.05) is 0 Å². The Labute approximate surface area is 105 Å². The van der Waals surface area contributed by atoms with Gasteiger partial charge in [0.1, 0.15) is 5.52 Å². The Bertz CT molecular complexity index is 520. The maximum atomic E-state index is 5.85. The summed E-state index contributed by atoms with van der Waals surface area (Å²) < 4.78 is 0. The van der Waals surface area contributed by atoms with Crippen LogP contribution < -0.4 is 5.32 Å². The summed E-state index contributed by atoms with van der Waals surface area (Å²) in [4.78, 5) is 15.3. The molecule has 0 aromatic carbocycles. The van der Waals surface area contributed by atoms with Gasteiger partial charge in [-0.2, -0.15) is 9.97 Å². The van der Waals surface area contributed by atoms with Crippen molar-refractivity contribution in [1.29, 1.82) is 0 Å². The van der Waals surface area contributed by atoms with Crippen LogP contribution >= 0.6 is 11.6 Å². The van der Waals surface area contributed by atoms with Crippen molar-refractivity contribution in [2.24, 2.45) is 5.41 Å². The van der Waals surface area contributed by atoms with Gasteiger partial charge >= 0.3 is 0 Å². The van der Waals surface area contributed by atoms with E-state index in [9.17, 15) is 0 Å². The minimum Gasteiger partial charge on any atom is -0.368 e. The molecule has 2 N–H and O–H groups in total. The molecule has 6 heteroatoms. The van der Waals surface area contributed by atoms with Gasteiger partial charge in [-0.25, -0.2) is 4.98 Å². The number of hydrogen-bond donors (Lipinski definition) is 2. The van der Waals surface area contributed by atoms with Crippen LogP contribution in [-0.4, -0.2) is 26.5 Å². The van der Waals surface area contributed by atoms with Crippen molar-refractivity contribution in [1.82, 2.24) is 19.9 Å². The first-order valence-electron chi connectivity index (χ1n) is 5.62. The smallest absolute Gasteiger partial charge is 0.226 e. The van der Waals surface area contributed by atoms with Crippen LogP contribution in [0.3, 0.4) is 0 Å². The van der Waals surface area contributed by atoms with Gasteiger partial charge in [0.25, 0.3) is 0 Å². The van der Waals surface area contributed by atoms with Crippen LogP contribution in [0, 0.1) is 5.41 Å². The Morgan fingerprint density at radius 3 is 2.88 bits per heavy atom. The van der Waals surface area contributed by atoms with Crippen LogP contribution in [0.4, 0.5) is 5.82 Å². The van der Waals surface area contributed by atoms with Crippen molar-refractivity contribution in [3.05, 3.63) is 11.6 Å². The summed E-state index contributed by atoms with van der Waals surface area (Å²) in [5, 5.41) is 3.51. The molecule has 0 spiro atoms. The maximum Gasteiger partial charge on any atom is 0.226 e. The lowest BCUT2D eigenvalue weighted by atomic mass is 9.90. The van der Waals surface area contributed by atoms with Gasteiger partial charge in [0, 0.05) is 6.54 Å². The Morgan fingerprint density at radius 2 is 2.18 bits per heavy atom. The first-order chi connectivity index (χ1) is 8.02. The van der Waals surface area contributed by atoms with Crippen molar-refractivity contribution >= 4 is 28.6 Å². The highest BCUT2D eigenvalue weighted by atomic mass is 35.5. The molecule has 0 atom stereocenters. The van der Waals surface area contributed by atoms with Gasteiger partial charge < -0.3 is 10.3 Å². The fourth-order valence-corrected chi connectivity index (χ4v) is 1.55. The number of nitrogens with one attached hydrogen (secondary N) is 2. The molecular weight excluding hydrogens is 238 g/mol. The van der Waals surface area contributed by atoms with Crippen molar-refractivity contribution in [2.45, 2.75) is 27.2 Å². The van der Waals surface area contributed by atoms with Gasteiger partial charge in [0.15, 0.2) is 11.5 Å². The molecule has 17 heavy (non-hydrogen) atoms. The number of fused-ring (bicyclic) bond motifs is 1. The molecule has 2 heterocycles. The van der Waals surface area contributed by atoms with Crippen LogP contribution in [0.25, 0.3) is 11.2 Å². The Balaban J connectivity index is 2.26. The summed E-state index contributed by atoms with van der Waals surface area (Å²) in [6.45, 7) is 7.39. The quantitative estimate of drug-likeness (QED) is 0.823. The standard InChI is InChI=1S/C11H16ClN5/c1-4-11(2,3)5-13-8-7-9(15-6-14-7)17-10(12)16-8/h6H,4-5H2,1-3H3,(H2,13,14,15,16,17). The van der Waals surface area contributed by atoms with Crippen LogP contribution in [0.1, 0.15) is 27.2 Å². The molecule has 2 aromatic rings. The minimum atomic E-state index is 0.210. The SMILES string of the molecule is CCC(C)(C)CNc1nc(Cl)nc2nc[nH]c12. The van der Waals surface area contributed by atoms with E-state index in [1.165, 1.54) is 0 Å². The molecule has 0 saturated carbocycles. The second-order valence-electron chi connectivity index (χ2n) is 4.81. The van der Waals surface area contributed by atoms with Crippen molar-refractivity contribution in [2.75, 3.05) is 11.9 Å². The Hall–Kier alpha value is -1.36. The van der Waals surface area contributed by atoms with Gasteiger partial charge in [0.2, 0.25) is 5.28 Å². The molecule has 2 aromatic heterocycles. The molecular formula is C11H16ClN5. The first-order valence-corrected chi connectivity index (χ1v) is 6.00. The summed E-state index contributed by atoms with van der Waals surface area (Å²) in [7, 11) is 0. The molecule has 5 nitrogen and oxygen atoms in total. The summed E-state index contributed by atoms with van der Waals surface area (Å²) in [5.74, 6) is 0.707. The van der Waals surface area contributed by atoms with E-state index in [0.29, 0.717) is 11.5 Å².